The number of fused-ring (bicyclic) bond motifs is 1. The zero-order valence-electron chi connectivity index (χ0n) is 14.4. The van der Waals surface area contributed by atoms with Crippen LogP contribution in [-0.2, 0) is 9.84 Å². The molecule has 2 aromatic rings. The van der Waals surface area contributed by atoms with Gasteiger partial charge in [0.1, 0.15) is 0 Å². The number of hydrogen-bond acceptors (Lipinski definition) is 4. The Labute approximate surface area is 152 Å². The molecule has 1 heterocycles. The molecule has 0 bridgehead atoms. The highest BCUT2D eigenvalue weighted by Gasteiger charge is 2.45. The van der Waals surface area contributed by atoms with E-state index >= 15 is 0 Å². The van der Waals surface area contributed by atoms with Crippen LogP contribution < -0.4 is 0 Å². The van der Waals surface area contributed by atoms with Crippen molar-refractivity contribution in [1.82, 2.24) is 4.90 Å². The topological polar surface area (TPSA) is 71.5 Å². The molecule has 0 saturated heterocycles. The van der Waals surface area contributed by atoms with Gasteiger partial charge in [-0.1, -0.05) is 24.3 Å². The number of nitrogens with zero attached hydrogens (tertiary/aromatic N) is 1. The lowest BCUT2D eigenvalue weighted by molar-refractivity contribution is 0.0439. The molecular formula is C20H19NO4S. The van der Waals surface area contributed by atoms with Gasteiger partial charge in [-0.3, -0.25) is 14.5 Å². The van der Waals surface area contributed by atoms with Crippen molar-refractivity contribution in [2.75, 3.05) is 5.75 Å². The van der Waals surface area contributed by atoms with E-state index in [0.29, 0.717) is 28.9 Å². The second-order valence-corrected chi connectivity index (χ2v) is 9.15. The van der Waals surface area contributed by atoms with Crippen molar-refractivity contribution < 1.29 is 18.0 Å². The molecule has 0 N–H and O–H groups in total. The van der Waals surface area contributed by atoms with Gasteiger partial charge in [0.25, 0.3) is 11.8 Å². The zero-order chi connectivity index (χ0) is 18.5. The molecule has 1 aliphatic carbocycles. The van der Waals surface area contributed by atoms with Crippen LogP contribution in [0.1, 0.15) is 39.1 Å². The summed E-state index contributed by atoms with van der Waals surface area (Å²) in [5.74, 6) is -0.517. The van der Waals surface area contributed by atoms with Crippen molar-refractivity contribution in [2.45, 2.75) is 30.7 Å². The van der Waals surface area contributed by atoms with E-state index in [0.717, 1.165) is 5.56 Å². The largest absolute Gasteiger partial charge is 0.271 e. The first-order valence-electron chi connectivity index (χ1n) is 8.63. The fourth-order valence-corrected chi connectivity index (χ4v) is 5.54. The molecule has 1 fully saturated rings. The summed E-state index contributed by atoms with van der Waals surface area (Å²) in [5, 5.41) is 0. The van der Waals surface area contributed by atoms with Crippen LogP contribution in [0.4, 0.5) is 0 Å². The highest BCUT2D eigenvalue weighted by atomic mass is 32.2. The fourth-order valence-electron chi connectivity index (χ4n) is 3.80. The van der Waals surface area contributed by atoms with Crippen LogP contribution in [0, 0.1) is 12.8 Å². The van der Waals surface area contributed by atoms with Crippen molar-refractivity contribution in [3.05, 3.63) is 65.2 Å². The number of aryl methyl sites for hydroxylation is 1. The molecule has 0 aromatic heterocycles. The van der Waals surface area contributed by atoms with Crippen LogP contribution in [0.15, 0.2) is 53.4 Å². The van der Waals surface area contributed by atoms with Crippen molar-refractivity contribution in [3.63, 3.8) is 0 Å². The van der Waals surface area contributed by atoms with Gasteiger partial charge < -0.3 is 0 Å². The molecule has 2 aromatic carbocycles. The van der Waals surface area contributed by atoms with E-state index in [-0.39, 0.29) is 29.5 Å². The summed E-state index contributed by atoms with van der Waals surface area (Å²) < 4.78 is 25.2. The number of carbonyl (C=O) groups is 2. The summed E-state index contributed by atoms with van der Waals surface area (Å²) in [6.45, 7) is 1.86. The standard InChI is InChI=1S/C20H19NO4S/c1-13-5-4-6-16(9-13)26(24,25)12-14-10-15(11-14)21-19(22)17-7-2-3-8-18(17)20(21)23/h2-9,14-15H,10-12H2,1H3. The summed E-state index contributed by atoms with van der Waals surface area (Å²) >= 11 is 0. The maximum absolute atomic E-state index is 12.6. The average Bonchev–Trinajstić information content (AvgIpc) is 2.83. The van der Waals surface area contributed by atoms with Crippen LogP contribution in [-0.4, -0.2) is 36.9 Å². The molecule has 5 nitrogen and oxygen atoms in total. The van der Waals surface area contributed by atoms with Crippen LogP contribution in [0.25, 0.3) is 0 Å². The Morgan fingerprint density at radius 1 is 0.962 bits per heavy atom. The van der Waals surface area contributed by atoms with Crippen molar-refractivity contribution in [1.29, 1.82) is 0 Å². The predicted molar refractivity (Wildman–Crippen MR) is 96.7 cm³/mol. The van der Waals surface area contributed by atoms with E-state index in [9.17, 15) is 18.0 Å². The van der Waals surface area contributed by atoms with Gasteiger partial charge in [-0.2, -0.15) is 0 Å². The van der Waals surface area contributed by atoms with Crippen LogP contribution in [0.5, 0.6) is 0 Å². The van der Waals surface area contributed by atoms with Crippen LogP contribution in [0.3, 0.4) is 0 Å². The van der Waals surface area contributed by atoms with E-state index in [1.807, 2.05) is 13.0 Å². The Bertz CT molecular complexity index is 971. The molecule has 1 aliphatic heterocycles. The number of rotatable bonds is 4. The molecule has 0 unspecified atom stereocenters. The first-order chi connectivity index (χ1) is 12.4. The molecule has 2 amide bonds. The molecule has 134 valence electrons. The van der Waals surface area contributed by atoms with E-state index in [1.54, 1.807) is 42.5 Å². The highest BCUT2D eigenvalue weighted by molar-refractivity contribution is 7.91. The lowest BCUT2D eigenvalue weighted by Gasteiger charge is -2.39. The van der Waals surface area contributed by atoms with E-state index in [4.69, 9.17) is 0 Å². The molecule has 0 atom stereocenters. The summed E-state index contributed by atoms with van der Waals surface area (Å²) in [6, 6.07) is 13.5. The van der Waals surface area contributed by atoms with Gasteiger partial charge in [0, 0.05) is 6.04 Å². The SMILES string of the molecule is Cc1cccc(S(=O)(=O)CC2CC(N3C(=O)c4ccccc4C3=O)C2)c1. The molecule has 6 heteroatoms. The average molecular weight is 369 g/mol. The minimum Gasteiger partial charge on any atom is -0.271 e. The maximum Gasteiger partial charge on any atom is 0.261 e. The first kappa shape index (κ1) is 17.0. The molecule has 1 saturated carbocycles. The summed E-state index contributed by atoms with van der Waals surface area (Å²) in [4.78, 5) is 26.6. The third kappa shape index (κ3) is 2.74. The fraction of sp³-hybridized carbons (Fsp3) is 0.300. The Morgan fingerprint density at radius 2 is 1.58 bits per heavy atom. The normalized spacial score (nSPS) is 22.3. The molecule has 4 rings (SSSR count). The Hall–Kier alpha value is -2.47. The van der Waals surface area contributed by atoms with Crippen LogP contribution >= 0.6 is 0 Å². The molecule has 26 heavy (non-hydrogen) atoms. The third-order valence-corrected chi connectivity index (χ3v) is 7.09. The first-order valence-corrected chi connectivity index (χ1v) is 10.3. The lowest BCUT2D eigenvalue weighted by Crippen LogP contribution is -2.49. The number of hydrogen-bond donors (Lipinski definition) is 0. The lowest BCUT2D eigenvalue weighted by atomic mass is 9.80. The van der Waals surface area contributed by atoms with Gasteiger partial charge in [0.05, 0.1) is 21.8 Å². The van der Waals surface area contributed by atoms with Gasteiger partial charge >= 0.3 is 0 Å². The molecular weight excluding hydrogens is 350 g/mol. The van der Waals surface area contributed by atoms with Gasteiger partial charge in [0.2, 0.25) is 0 Å². The number of imide groups is 1. The predicted octanol–water partition coefficient (Wildman–Crippen LogP) is 2.84. The van der Waals surface area contributed by atoms with Gasteiger partial charge in [-0.25, -0.2) is 8.42 Å². The van der Waals surface area contributed by atoms with E-state index in [2.05, 4.69) is 0 Å². The van der Waals surface area contributed by atoms with Crippen molar-refractivity contribution in [3.8, 4) is 0 Å². The Kier molecular flexibility index (Phi) is 3.95. The van der Waals surface area contributed by atoms with E-state index in [1.165, 1.54) is 4.90 Å². The van der Waals surface area contributed by atoms with Gasteiger partial charge in [-0.05, 0) is 55.5 Å². The monoisotopic (exact) mass is 369 g/mol. The number of sulfone groups is 1. The minimum atomic E-state index is -3.36. The van der Waals surface area contributed by atoms with Crippen molar-refractivity contribution in [2.24, 2.45) is 5.92 Å². The van der Waals surface area contributed by atoms with Crippen LogP contribution in [0.2, 0.25) is 0 Å². The van der Waals surface area contributed by atoms with Gasteiger partial charge in [-0.15, -0.1) is 0 Å². The molecule has 0 spiro atoms. The molecule has 2 aliphatic rings. The smallest absolute Gasteiger partial charge is 0.261 e. The Balaban J connectivity index is 1.44. The quantitative estimate of drug-likeness (QED) is 0.777. The van der Waals surface area contributed by atoms with E-state index < -0.39 is 9.84 Å². The minimum absolute atomic E-state index is 0.0326. The number of carbonyl (C=O) groups excluding carboxylic acids is 2. The number of benzene rings is 2. The third-order valence-electron chi connectivity index (χ3n) is 5.21. The van der Waals surface area contributed by atoms with Gasteiger partial charge in [0.15, 0.2) is 9.84 Å². The highest BCUT2D eigenvalue weighted by Crippen LogP contribution is 2.38. The Morgan fingerprint density at radius 3 is 2.15 bits per heavy atom. The summed E-state index contributed by atoms with van der Waals surface area (Å²) in [7, 11) is -3.36. The summed E-state index contributed by atoms with van der Waals surface area (Å²) in [5.41, 5.74) is 1.78. The second-order valence-electron chi connectivity index (χ2n) is 7.12. The summed E-state index contributed by atoms with van der Waals surface area (Å²) in [6.07, 6.45) is 1.08. The number of amides is 2. The molecule has 0 radical (unpaired) electrons. The second kappa shape index (κ2) is 6.06. The zero-order valence-corrected chi connectivity index (χ0v) is 15.2. The van der Waals surface area contributed by atoms with Crippen molar-refractivity contribution >= 4 is 21.7 Å². The maximum atomic E-state index is 12.6.